The number of imidazole rings is 1. The Morgan fingerprint density at radius 1 is 1.16 bits per heavy atom. The summed E-state index contributed by atoms with van der Waals surface area (Å²) in [5.74, 6) is -0.0287. The number of aliphatic carboxylic acids is 1. The number of carboxylic acids is 1. The Morgan fingerprint density at radius 2 is 1.96 bits per heavy atom. The number of nitrogens with zero attached hydrogens (tertiary/aromatic N) is 1. The first-order chi connectivity index (χ1) is 12.1. The predicted molar refractivity (Wildman–Crippen MR) is 97.1 cm³/mol. The molecule has 3 rings (SSSR count). The van der Waals surface area contributed by atoms with Crippen molar-refractivity contribution in [3.05, 3.63) is 52.9 Å². The van der Waals surface area contributed by atoms with Crippen molar-refractivity contribution in [2.24, 2.45) is 0 Å². The van der Waals surface area contributed by atoms with Crippen LogP contribution < -0.4 is 9.47 Å². The van der Waals surface area contributed by atoms with Gasteiger partial charge in [-0.05, 0) is 36.0 Å². The molecule has 0 unspecified atom stereocenters. The van der Waals surface area contributed by atoms with Crippen molar-refractivity contribution in [1.82, 2.24) is 9.97 Å². The summed E-state index contributed by atoms with van der Waals surface area (Å²) >= 11 is 1.05. The van der Waals surface area contributed by atoms with Gasteiger partial charge >= 0.3 is 5.97 Å². The summed E-state index contributed by atoms with van der Waals surface area (Å²) in [6.07, 6.45) is 1.54. The molecule has 0 spiro atoms. The molecule has 128 valence electrons. The summed E-state index contributed by atoms with van der Waals surface area (Å²) in [5, 5.41) is 10.1. The number of thioether (sulfide) groups is 1. The van der Waals surface area contributed by atoms with E-state index in [9.17, 15) is 9.90 Å². The zero-order valence-electron chi connectivity index (χ0n) is 13.6. The van der Waals surface area contributed by atoms with E-state index < -0.39 is 5.97 Å². The lowest BCUT2D eigenvalue weighted by Gasteiger charge is -2.10. The van der Waals surface area contributed by atoms with Crippen LogP contribution in [-0.4, -0.2) is 35.3 Å². The summed E-state index contributed by atoms with van der Waals surface area (Å²) in [6.45, 7) is 0. The number of nitrogens with one attached hydrogen (secondary N) is 1. The van der Waals surface area contributed by atoms with E-state index in [1.807, 2.05) is 24.3 Å². The number of ether oxygens (including phenoxy) is 2. The number of benzene rings is 2. The largest absolute Gasteiger partial charge is 0.493 e. The van der Waals surface area contributed by atoms with Crippen LogP contribution in [0.2, 0.25) is 0 Å². The normalized spacial score (nSPS) is 11.5. The van der Waals surface area contributed by atoms with E-state index in [0.717, 1.165) is 22.8 Å². The summed E-state index contributed by atoms with van der Waals surface area (Å²) in [6, 6.07) is 12.8. The SMILES string of the molecule is COc1cccc(/C=C(\Sc2nc3ccccc3[nH]2)C(=O)O)c1OC. The average Bonchev–Trinajstić information content (AvgIpc) is 3.03. The molecule has 0 radical (unpaired) electrons. The number of para-hydroxylation sites is 3. The Kier molecular flexibility index (Phi) is 4.95. The van der Waals surface area contributed by atoms with Crippen LogP contribution in [0.5, 0.6) is 11.5 Å². The lowest BCUT2D eigenvalue weighted by Crippen LogP contribution is -1.98. The third-order valence-corrected chi connectivity index (χ3v) is 4.40. The van der Waals surface area contributed by atoms with Gasteiger partial charge in [0.15, 0.2) is 16.7 Å². The molecule has 0 aliphatic heterocycles. The van der Waals surface area contributed by atoms with Crippen LogP contribution >= 0.6 is 11.8 Å². The molecule has 0 aliphatic rings. The molecule has 0 fully saturated rings. The van der Waals surface area contributed by atoms with Gasteiger partial charge in [0.05, 0.1) is 25.3 Å². The number of H-pyrrole nitrogens is 1. The molecule has 1 heterocycles. The first kappa shape index (κ1) is 16.9. The average molecular weight is 356 g/mol. The van der Waals surface area contributed by atoms with Crippen molar-refractivity contribution >= 4 is 34.8 Å². The second kappa shape index (κ2) is 7.31. The van der Waals surface area contributed by atoms with Gasteiger partial charge in [-0.3, -0.25) is 0 Å². The van der Waals surface area contributed by atoms with Crippen LogP contribution in [0.3, 0.4) is 0 Å². The molecule has 1 aromatic heterocycles. The number of hydrogen-bond acceptors (Lipinski definition) is 5. The molecule has 0 bridgehead atoms. The monoisotopic (exact) mass is 356 g/mol. The molecule has 2 aromatic carbocycles. The van der Waals surface area contributed by atoms with E-state index in [1.165, 1.54) is 14.2 Å². The van der Waals surface area contributed by atoms with Gasteiger partial charge in [0.1, 0.15) is 4.91 Å². The van der Waals surface area contributed by atoms with Crippen molar-refractivity contribution < 1.29 is 19.4 Å². The Labute approximate surface area is 148 Å². The fourth-order valence-electron chi connectivity index (χ4n) is 2.38. The fraction of sp³-hybridized carbons (Fsp3) is 0.111. The highest BCUT2D eigenvalue weighted by Gasteiger charge is 2.15. The van der Waals surface area contributed by atoms with Crippen LogP contribution in [0, 0.1) is 0 Å². The third-order valence-electron chi connectivity index (χ3n) is 3.51. The van der Waals surface area contributed by atoms with Gasteiger partial charge in [0.25, 0.3) is 0 Å². The molecule has 25 heavy (non-hydrogen) atoms. The van der Waals surface area contributed by atoms with Crippen molar-refractivity contribution in [2.45, 2.75) is 5.16 Å². The highest BCUT2D eigenvalue weighted by molar-refractivity contribution is 8.04. The maximum absolute atomic E-state index is 11.7. The predicted octanol–water partition coefficient (Wildman–Crippen LogP) is 3.80. The van der Waals surface area contributed by atoms with Crippen LogP contribution in [0.1, 0.15) is 5.56 Å². The van der Waals surface area contributed by atoms with Crippen LogP contribution in [0.25, 0.3) is 17.1 Å². The molecule has 0 atom stereocenters. The summed E-state index contributed by atoms with van der Waals surface area (Å²) in [5.41, 5.74) is 2.25. The van der Waals surface area contributed by atoms with E-state index >= 15 is 0 Å². The molecular formula is C18H16N2O4S. The van der Waals surface area contributed by atoms with Crippen molar-refractivity contribution in [1.29, 1.82) is 0 Å². The summed E-state index contributed by atoms with van der Waals surface area (Å²) in [7, 11) is 3.05. The Balaban J connectivity index is 1.98. The van der Waals surface area contributed by atoms with Crippen molar-refractivity contribution in [2.75, 3.05) is 14.2 Å². The number of fused-ring (bicyclic) bond motifs is 1. The Hall–Kier alpha value is -2.93. The molecule has 0 aliphatic carbocycles. The molecule has 2 N–H and O–H groups in total. The van der Waals surface area contributed by atoms with Gasteiger partial charge in [-0.1, -0.05) is 24.3 Å². The summed E-state index contributed by atoms with van der Waals surface area (Å²) in [4.78, 5) is 19.3. The van der Waals surface area contributed by atoms with Crippen molar-refractivity contribution in [3.63, 3.8) is 0 Å². The number of rotatable bonds is 6. The molecule has 3 aromatic rings. The van der Waals surface area contributed by atoms with Gasteiger partial charge in [0, 0.05) is 5.56 Å². The Bertz CT molecular complexity index is 916. The van der Waals surface area contributed by atoms with Gasteiger partial charge < -0.3 is 19.6 Å². The number of carboxylic acid groups (broad SMARTS) is 1. The highest BCUT2D eigenvalue weighted by atomic mass is 32.2. The summed E-state index contributed by atoms with van der Waals surface area (Å²) < 4.78 is 10.6. The zero-order chi connectivity index (χ0) is 17.8. The number of hydrogen-bond donors (Lipinski definition) is 2. The number of methoxy groups -OCH3 is 2. The number of carbonyl (C=O) groups is 1. The first-order valence-corrected chi connectivity index (χ1v) is 8.22. The second-order valence-electron chi connectivity index (χ2n) is 5.06. The number of aromatic nitrogens is 2. The second-order valence-corrected chi connectivity index (χ2v) is 6.09. The zero-order valence-corrected chi connectivity index (χ0v) is 14.5. The van der Waals surface area contributed by atoms with Gasteiger partial charge in [-0.25, -0.2) is 9.78 Å². The lowest BCUT2D eigenvalue weighted by atomic mass is 10.1. The van der Waals surface area contributed by atoms with Crippen LogP contribution in [-0.2, 0) is 4.79 Å². The van der Waals surface area contributed by atoms with Crippen molar-refractivity contribution in [3.8, 4) is 11.5 Å². The quantitative estimate of drug-likeness (QED) is 0.516. The third kappa shape index (κ3) is 3.61. The molecule has 7 heteroatoms. The molecule has 6 nitrogen and oxygen atoms in total. The minimum Gasteiger partial charge on any atom is -0.493 e. The van der Waals surface area contributed by atoms with E-state index in [1.54, 1.807) is 24.3 Å². The van der Waals surface area contributed by atoms with Crippen LogP contribution in [0.15, 0.2) is 52.5 Å². The minimum absolute atomic E-state index is 0.116. The van der Waals surface area contributed by atoms with E-state index in [-0.39, 0.29) is 4.91 Å². The molecule has 0 saturated carbocycles. The number of aromatic amines is 1. The topological polar surface area (TPSA) is 84.4 Å². The van der Waals surface area contributed by atoms with E-state index in [2.05, 4.69) is 9.97 Å². The van der Waals surface area contributed by atoms with Crippen LogP contribution in [0.4, 0.5) is 0 Å². The maximum atomic E-state index is 11.7. The Morgan fingerprint density at radius 3 is 2.64 bits per heavy atom. The maximum Gasteiger partial charge on any atom is 0.342 e. The fourth-order valence-corrected chi connectivity index (χ4v) is 3.17. The van der Waals surface area contributed by atoms with E-state index in [0.29, 0.717) is 22.2 Å². The minimum atomic E-state index is -1.05. The molecular weight excluding hydrogens is 340 g/mol. The van der Waals surface area contributed by atoms with Gasteiger partial charge in [-0.2, -0.15) is 0 Å². The van der Waals surface area contributed by atoms with E-state index in [4.69, 9.17) is 9.47 Å². The standard InChI is InChI=1S/C18H16N2O4S/c1-23-14-9-5-6-11(16(14)24-2)10-15(17(21)22)25-18-19-12-7-3-4-8-13(12)20-18/h3-10H,1-2H3,(H,19,20)(H,21,22)/b15-10-. The highest BCUT2D eigenvalue weighted by Crippen LogP contribution is 2.35. The lowest BCUT2D eigenvalue weighted by molar-refractivity contribution is -0.131. The first-order valence-electron chi connectivity index (χ1n) is 7.41. The molecule has 0 amide bonds. The molecule has 0 saturated heterocycles. The van der Waals surface area contributed by atoms with Gasteiger partial charge in [0.2, 0.25) is 0 Å². The smallest absolute Gasteiger partial charge is 0.342 e. The van der Waals surface area contributed by atoms with Gasteiger partial charge in [-0.15, -0.1) is 0 Å².